The first-order valence-electron chi connectivity index (χ1n) is 13.7. The van der Waals surface area contributed by atoms with E-state index < -0.39 is 0 Å². The van der Waals surface area contributed by atoms with Gasteiger partial charge in [-0.15, -0.1) is 0 Å². The predicted molar refractivity (Wildman–Crippen MR) is 153 cm³/mol. The van der Waals surface area contributed by atoms with Crippen molar-refractivity contribution in [2.45, 2.75) is 52.4 Å². The van der Waals surface area contributed by atoms with Crippen molar-refractivity contribution in [3.63, 3.8) is 0 Å². The molecule has 38 heavy (non-hydrogen) atoms. The first-order chi connectivity index (χ1) is 18.0. The zero-order valence-electron chi connectivity index (χ0n) is 23.6. The quantitative estimate of drug-likeness (QED) is 0.492. The van der Waals surface area contributed by atoms with Crippen LogP contribution in [0.3, 0.4) is 0 Å². The van der Waals surface area contributed by atoms with Crippen LogP contribution in [0, 0.1) is 12.3 Å². The zero-order valence-corrected chi connectivity index (χ0v) is 24.3. The number of likely N-dealkylation sites (tertiary alicyclic amines) is 1. The fourth-order valence-corrected chi connectivity index (χ4v) is 5.40. The molecule has 0 bridgehead atoms. The van der Waals surface area contributed by atoms with Crippen LogP contribution in [0.25, 0.3) is 0 Å². The second kappa shape index (κ2) is 11.7. The van der Waals surface area contributed by atoms with E-state index in [0.29, 0.717) is 36.7 Å². The van der Waals surface area contributed by atoms with Crippen molar-refractivity contribution in [2.75, 3.05) is 52.9 Å². The van der Waals surface area contributed by atoms with Crippen molar-refractivity contribution in [3.8, 4) is 5.75 Å². The summed E-state index contributed by atoms with van der Waals surface area (Å²) < 4.78 is 6.27. The molecule has 2 amide bonds. The molecule has 0 aliphatic carbocycles. The smallest absolute Gasteiger partial charge is 0.253 e. The highest BCUT2D eigenvalue weighted by atomic mass is 35.5. The number of piperazine rings is 1. The number of hydrogen-bond donors (Lipinski definition) is 0. The van der Waals surface area contributed by atoms with Gasteiger partial charge in [-0.1, -0.05) is 44.5 Å². The van der Waals surface area contributed by atoms with Crippen LogP contribution in [0.15, 0.2) is 42.5 Å². The van der Waals surface area contributed by atoms with Gasteiger partial charge in [0, 0.05) is 61.7 Å². The Morgan fingerprint density at radius 1 is 0.921 bits per heavy atom. The number of piperidine rings is 1. The molecular weight excluding hydrogens is 498 g/mol. The Bertz CT molecular complexity index is 1130. The third-order valence-corrected chi connectivity index (χ3v) is 8.59. The van der Waals surface area contributed by atoms with Crippen LogP contribution in [-0.4, -0.2) is 79.4 Å². The van der Waals surface area contributed by atoms with Gasteiger partial charge in [0.15, 0.2) is 0 Å². The van der Waals surface area contributed by atoms with Gasteiger partial charge in [0.1, 0.15) is 5.75 Å². The normalized spacial score (nSPS) is 18.4. The molecule has 0 saturated carbocycles. The summed E-state index contributed by atoms with van der Waals surface area (Å²) in [5.41, 5.74) is 2.62. The third kappa shape index (κ3) is 6.89. The van der Waals surface area contributed by atoms with Crippen molar-refractivity contribution in [2.24, 2.45) is 5.41 Å². The molecule has 0 spiro atoms. The van der Waals surface area contributed by atoms with Crippen LogP contribution in [0.5, 0.6) is 5.75 Å². The summed E-state index contributed by atoms with van der Waals surface area (Å²) in [6.07, 6.45) is 1.89. The molecule has 2 aromatic carbocycles. The molecule has 0 radical (unpaired) electrons. The summed E-state index contributed by atoms with van der Waals surface area (Å²) in [7, 11) is 2.09. The molecule has 2 fully saturated rings. The molecule has 6 nitrogen and oxygen atoms in total. The largest absolute Gasteiger partial charge is 0.493 e. The molecular formula is C31H42ClN3O3. The van der Waals surface area contributed by atoms with Gasteiger partial charge in [-0.3, -0.25) is 9.59 Å². The summed E-state index contributed by atoms with van der Waals surface area (Å²) in [5.74, 6) is 1.00. The zero-order chi connectivity index (χ0) is 27.5. The Hall–Kier alpha value is -2.57. The maximum atomic E-state index is 13.4. The molecule has 0 unspecified atom stereocenters. The maximum Gasteiger partial charge on any atom is 0.253 e. The summed E-state index contributed by atoms with van der Waals surface area (Å²) in [6.45, 7) is 13.5. The number of rotatable bonds is 6. The van der Waals surface area contributed by atoms with E-state index in [0.717, 1.165) is 50.3 Å². The highest BCUT2D eigenvalue weighted by molar-refractivity contribution is 6.31. The van der Waals surface area contributed by atoms with E-state index in [9.17, 15) is 9.59 Å². The number of carbonyl (C=O) groups excluding carboxylic acids is 2. The third-order valence-electron chi connectivity index (χ3n) is 8.17. The minimum atomic E-state index is -0.319. The summed E-state index contributed by atoms with van der Waals surface area (Å²) >= 11 is 6.20. The van der Waals surface area contributed by atoms with Gasteiger partial charge in [-0.25, -0.2) is 0 Å². The van der Waals surface area contributed by atoms with Crippen LogP contribution >= 0.6 is 11.6 Å². The Kier molecular flexibility index (Phi) is 8.73. The van der Waals surface area contributed by atoms with Crippen molar-refractivity contribution in [1.82, 2.24) is 14.7 Å². The van der Waals surface area contributed by atoms with Crippen LogP contribution in [0.1, 0.15) is 61.5 Å². The maximum absolute atomic E-state index is 13.4. The lowest BCUT2D eigenvalue weighted by atomic mass is 9.75. The number of likely N-dealkylation sites (N-methyl/N-ethyl adjacent to an activating group) is 1. The molecule has 2 aromatic rings. The Morgan fingerprint density at radius 2 is 1.55 bits per heavy atom. The number of ether oxygens (including phenoxy) is 1. The molecule has 2 heterocycles. The minimum Gasteiger partial charge on any atom is -0.493 e. The Morgan fingerprint density at radius 3 is 2.13 bits per heavy atom. The first kappa shape index (κ1) is 28.4. The Labute approximate surface area is 232 Å². The number of hydrogen-bond acceptors (Lipinski definition) is 4. The molecule has 7 heteroatoms. The predicted octanol–water partition coefficient (Wildman–Crippen LogP) is 5.41. The van der Waals surface area contributed by atoms with Gasteiger partial charge in [-0.2, -0.15) is 0 Å². The second-order valence-electron chi connectivity index (χ2n) is 12.2. The lowest BCUT2D eigenvalue weighted by Crippen LogP contribution is -2.51. The first-order valence-corrected chi connectivity index (χ1v) is 14.1. The van der Waals surface area contributed by atoms with E-state index >= 15 is 0 Å². The molecule has 0 atom stereocenters. The molecule has 206 valence electrons. The average molecular weight is 540 g/mol. The highest BCUT2D eigenvalue weighted by Gasteiger charge is 2.40. The van der Waals surface area contributed by atoms with E-state index in [-0.39, 0.29) is 22.6 Å². The average Bonchev–Trinajstić information content (AvgIpc) is 2.89. The van der Waals surface area contributed by atoms with Gasteiger partial charge in [0.25, 0.3) is 5.91 Å². The number of benzene rings is 2. The number of halogens is 1. The van der Waals surface area contributed by atoms with E-state index in [2.05, 4.69) is 44.9 Å². The summed E-state index contributed by atoms with van der Waals surface area (Å²) in [4.78, 5) is 32.9. The fourth-order valence-electron chi connectivity index (χ4n) is 5.28. The van der Waals surface area contributed by atoms with Crippen molar-refractivity contribution < 1.29 is 14.3 Å². The SMILES string of the molecule is Cc1cc(OCC2(CC(=O)N3CCN(C)CC3)CCN(C(=O)c3ccc(C(C)(C)C)cc3)CC2)ccc1Cl. The molecule has 4 rings (SSSR count). The number of amides is 2. The number of nitrogens with zero attached hydrogens (tertiary/aromatic N) is 3. The van der Waals surface area contributed by atoms with E-state index in [1.165, 1.54) is 5.56 Å². The summed E-state index contributed by atoms with van der Waals surface area (Å²) in [5, 5.41) is 0.708. The van der Waals surface area contributed by atoms with E-state index in [1.807, 2.05) is 47.1 Å². The minimum absolute atomic E-state index is 0.0469. The van der Waals surface area contributed by atoms with Crippen LogP contribution in [0.4, 0.5) is 0 Å². The fraction of sp³-hybridized carbons (Fsp3) is 0.548. The van der Waals surface area contributed by atoms with Gasteiger partial charge < -0.3 is 19.4 Å². The van der Waals surface area contributed by atoms with E-state index in [1.54, 1.807) is 0 Å². The number of carbonyl (C=O) groups is 2. The lowest BCUT2D eigenvalue weighted by molar-refractivity contribution is -0.136. The molecule has 0 aromatic heterocycles. The lowest BCUT2D eigenvalue weighted by Gasteiger charge is -2.43. The van der Waals surface area contributed by atoms with Gasteiger partial charge in [0.2, 0.25) is 5.91 Å². The topological polar surface area (TPSA) is 53.1 Å². The van der Waals surface area contributed by atoms with Crippen molar-refractivity contribution in [3.05, 3.63) is 64.2 Å². The van der Waals surface area contributed by atoms with Crippen LogP contribution < -0.4 is 4.74 Å². The molecule has 2 aliphatic rings. The molecule has 0 N–H and O–H groups in total. The van der Waals surface area contributed by atoms with Crippen molar-refractivity contribution >= 4 is 23.4 Å². The number of aryl methyl sites for hydroxylation is 1. The van der Waals surface area contributed by atoms with Crippen molar-refractivity contribution in [1.29, 1.82) is 0 Å². The molecule has 2 saturated heterocycles. The van der Waals surface area contributed by atoms with Crippen LogP contribution in [0.2, 0.25) is 5.02 Å². The van der Waals surface area contributed by atoms with Gasteiger partial charge >= 0.3 is 0 Å². The second-order valence-corrected chi connectivity index (χ2v) is 12.6. The molecule has 2 aliphatic heterocycles. The Balaban J connectivity index is 1.45. The van der Waals surface area contributed by atoms with Crippen LogP contribution in [-0.2, 0) is 10.2 Å². The standard InChI is InChI=1S/C31H42ClN3O3/c1-23-20-26(10-11-27(23)32)38-22-31(21-28(36)34-18-16-33(5)17-19-34)12-14-35(15-13-31)29(37)24-6-8-25(9-7-24)30(2,3)4/h6-11,20H,12-19,21-22H2,1-5H3. The highest BCUT2D eigenvalue weighted by Crippen LogP contribution is 2.37. The monoisotopic (exact) mass is 539 g/mol. The van der Waals surface area contributed by atoms with Gasteiger partial charge in [0.05, 0.1) is 6.61 Å². The van der Waals surface area contributed by atoms with Gasteiger partial charge in [-0.05, 0) is 73.7 Å². The van der Waals surface area contributed by atoms with E-state index in [4.69, 9.17) is 16.3 Å². The summed E-state index contributed by atoms with van der Waals surface area (Å²) in [6, 6.07) is 13.7.